The molecule has 3 rings (SSSR count). The average Bonchev–Trinajstić information content (AvgIpc) is 3.04. The minimum atomic E-state index is -3.25. The monoisotopic (exact) mass is 362 g/mol. The van der Waals surface area contributed by atoms with Crippen molar-refractivity contribution in [2.75, 3.05) is 22.4 Å². The Hall–Kier alpha value is -1.86. The number of sulfonamides is 1. The van der Waals surface area contributed by atoms with Gasteiger partial charge in [0.05, 0.1) is 22.2 Å². The van der Waals surface area contributed by atoms with E-state index in [4.69, 9.17) is 0 Å². The van der Waals surface area contributed by atoms with Crippen LogP contribution in [0.1, 0.15) is 22.8 Å². The molecule has 1 aromatic carbocycles. The van der Waals surface area contributed by atoms with E-state index in [-0.39, 0.29) is 11.5 Å². The maximum Gasteiger partial charge on any atom is 0.234 e. The van der Waals surface area contributed by atoms with Crippen molar-refractivity contribution in [3.8, 4) is 0 Å². The molecule has 7 heteroatoms. The fraction of sp³-hybridized carbons (Fsp3) is 0.294. The van der Waals surface area contributed by atoms with Crippen molar-refractivity contribution < 1.29 is 13.2 Å². The number of hydrogen-bond acceptors (Lipinski definition) is 5. The zero-order valence-electron chi connectivity index (χ0n) is 13.3. The summed E-state index contributed by atoms with van der Waals surface area (Å²) in [6.45, 7) is 2.09. The SMILES string of the molecule is CCS(=O)(=O)N1CCc2cc(C(=O)CSc3ccccn3)ccc21. The van der Waals surface area contributed by atoms with Gasteiger partial charge in [-0.2, -0.15) is 0 Å². The molecule has 0 unspecified atom stereocenters. The normalized spacial score (nSPS) is 13.8. The van der Waals surface area contributed by atoms with Gasteiger partial charge in [-0.15, -0.1) is 0 Å². The summed E-state index contributed by atoms with van der Waals surface area (Å²) in [5.41, 5.74) is 2.24. The van der Waals surface area contributed by atoms with Crippen molar-refractivity contribution in [3.05, 3.63) is 53.7 Å². The summed E-state index contributed by atoms with van der Waals surface area (Å²) < 4.78 is 25.6. The van der Waals surface area contributed by atoms with E-state index < -0.39 is 10.0 Å². The van der Waals surface area contributed by atoms with Crippen molar-refractivity contribution in [3.63, 3.8) is 0 Å². The fourth-order valence-electron chi connectivity index (χ4n) is 2.65. The third kappa shape index (κ3) is 3.47. The van der Waals surface area contributed by atoms with Crippen LogP contribution in [0.5, 0.6) is 0 Å². The molecule has 1 aromatic heterocycles. The quantitative estimate of drug-likeness (QED) is 0.584. The highest BCUT2D eigenvalue weighted by molar-refractivity contribution is 7.99. The highest BCUT2D eigenvalue weighted by atomic mass is 32.2. The van der Waals surface area contributed by atoms with E-state index in [2.05, 4.69) is 4.98 Å². The highest BCUT2D eigenvalue weighted by Gasteiger charge is 2.28. The molecule has 0 atom stereocenters. The summed E-state index contributed by atoms with van der Waals surface area (Å²) in [4.78, 5) is 16.6. The molecular weight excluding hydrogens is 344 g/mol. The predicted octanol–water partition coefficient (Wildman–Crippen LogP) is 2.77. The van der Waals surface area contributed by atoms with Crippen LogP contribution in [0.15, 0.2) is 47.6 Å². The molecule has 1 aliphatic heterocycles. The first-order chi connectivity index (χ1) is 11.5. The van der Waals surface area contributed by atoms with E-state index in [1.54, 1.807) is 25.3 Å². The average molecular weight is 362 g/mol. The molecule has 0 spiro atoms. The van der Waals surface area contributed by atoms with Gasteiger partial charge in [-0.3, -0.25) is 9.10 Å². The Morgan fingerprint density at radius 2 is 2.12 bits per heavy atom. The van der Waals surface area contributed by atoms with Crippen LogP contribution in [0.3, 0.4) is 0 Å². The fourth-order valence-corrected chi connectivity index (χ4v) is 4.56. The summed E-state index contributed by atoms with van der Waals surface area (Å²) >= 11 is 1.40. The molecule has 5 nitrogen and oxygen atoms in total. The van der Waals surface area contributed by atoms with Crippen molar-refractivity contribution >= 4 is 33.3 Å². The molecule has 0 aliphatic carbocycles. The number of nitrogens with zero attached hydrogens (tertiary/aromatic N) is 2. The van der Waals surface area contributed by atoms with Crippen LogP contribution in [0.4, 0.5) is 5.69 Å². The topological polar surface area (TPSA) is 67.3 Å². The molecule has 126 valence electrons. The Kier molecular flexibility index (Phi) is 4.91. The zero-order chi connectivity index (χ0) is 17.2. The van der Waals surface area contributed by atoms with Gasteiger partial charge in [0.25, 0.3) is 0 Å². The van der Waals surface area contributed by atoms with Gasteiger partial charge in [-0.05, 0) is 49.2 Å². The lowest BCUT2D eigenvalue weighted by Gasteiger charge is -2.18. The van der Waals surface area contributed by atoms with E-state index in [1.165, 1.54) is 16.1 Å². The van der Waals surface area contributed by atoms with Gasteiger partial charge in [0.1, 0.15) is 0 Å². The first kappa shape index (κ1) is 17.0. The second-order valence-corrected chi connectivity index (χ2v) is 8.62. The first-order valence-corrected chi connectivity index (χ1v) is 10.3. The maximum atomic E-state index is 12.4. The van der Waals surface area contributed by atoms with Crippen LogP contribution >= 0.6 is 11.8 Å². The van der Waals surface area contributed by atoms with Crippen LogP contribution < -0.4 is 4.31 Å². The molecule has 0 radical (unpaired) electrons. The highest BCUT2D eigenvalue weighted by Crippen LogP contribution is 2.31. The summed E-state index contributed by atoms with van der Waals surface area (Å²) in [5, 5.41) is 0.812. The molecule has 0 N–H and O–H groups in total. The number of carbonyl (C=O) groups is 1. The second-order valence-electron chi connectivity index (χ2n) is 5.45. The van der Waals surface area contributed by atoms with Crippen LogP contribution in [0, 0.1) is 0 Å². The van der Waals surface area contributed by atoms with Gasteiger partial charge < -0.3 is 0 Å². The van der Waals surface area contributed by atoms with E-state index in [0.717, 1.165) is 10.6 Å². The summed E-state index contributed by atoms with van der Waals surface area (Å²) in [7, 11) is -3.25. The number of benzene rings is 1. The lowest BCUT2D eigenvalue weighted by atomic mass is 10.1. The first-order valence-electron chi connectivity index (χ1n) is 7.71. The van der Waals surface area contributed by atoms with Crippen LogP contribution in [0.25, 0.3) is 0 Å². The number of anilines is 1. The molecule has 0 fully saturated rings. The summed E-state index contributed by atoms with van der Waals surface area (Å²) in [6, 6.07) is 10.9. The Bertz CT molecular complexity index is 851. The molecule has 0 bridgehead atoms. The number of Topliss-reactive ketones (excluding diaryl/α,β-unsaturated/α-hetero) is 1. The van der Waals surface area contributed by atoms with Gasteiger partial charge in [0.15, 0.2) is 5.78 Å². The number of carbonyl (C=O) groups excluding carboxylic acids is 1. The van der Waals surface area contributed by atoms with Crippen LogP contribution in [-0.4, -0.2) is 37.2 Å². The minimum absolute atomic E-state index is 0.0188. The molecular formula is C17H18N2O3S2. The maximum absolute atomic E-state index is 12.4. The number of rotatable bonds is 6. The van der Waals surface area contributed by atoms with Gasteiger partial charge in [-0.1, -0.05) is 17.8 Å². The standard InChI is InChI=1S/C17H18N2O3S2/c1-2-24(21,22)19-10-8-13-11-14(6-7-15(13)19)16(20)12-23-17-5-3-4-9-18-17/h3-7,9,11H,2,8,10,12H2,1H3. The lowest BCUT2D eigenvalue weighted by Crippen LogP contribution is -2.30. The zero-order valence-corrected chi connectivity index (χ0v) is 14.9. The number of pyridine rings is 1. The van der Waals surface area contributed by atoms with Crippen molar-refractivity contribution in [2.45, 2.75) is 18.4 Å². The van der Waals surface area contributed by atoms with E-state index in [9.17, 15) is 13.2 Å². The predicted molar refractivity (Wildman–Crippen MR) is 96.2 cm³/mol. The van der Waals surface area contributed by atoms with Crippen molar-refractivity contribution in [1.29, 1.82) is 0 Å². The van der Waals surface area contributed by atoms with Crippen molar-refractivity contribution in [1.82, 2.24) is 4.98 Å². The van der Waals surface area contributed by atoms with Gasteiger partial charge in [-0.25, -0.2) is 13.4 Å². The van der Waals surface area contributed by atoms with Crippen molar-refractivity contribution in [2.24, 2.45) is 0 Å². The molecule has 2 aromatic rings. The third-order valence-corrected chi connectivity index (χ3v) is 6.67. The molecule has 24 heavy (non-hydrogen) atoms. The molecule has 0 saturated carbocycles. The Morgan fingerprint density at radius 3 is 2.83 bits per heavy atom. The van der Waals surface area contributed by atoms with E-state index >= 15 is 0 Å². The third-order valence-electron chi connectivity index (χ3n) is 3.94. The summed E-state index contributed by atoms with van der Waals surface area (Å²) in [6.07, 6.45) is 2.34. The molecule has 2 heterocycles. The molecule has 0 saturated heterocycles. The number of fused-ring (bicyclic) bond motifs is 1. The number of aromatic nitrogens is 1. The van der Waals surface area contributed by atoms with Gasteiger partial charge in [0.2, 0.25) is 10.0 Å². The van der Waals surface area contributed by atoms with Crippen LogP contribution in [0.2, 0.25) is 0 Å². The summed E-state index contributed by atoms with van der Waals surface area (Å²) in [5.74, 6) is 0.408. The largest absolute Gasteiger partial charge is 0.293 e. The van der Waals surface area contributed by atoms with E-state index in [0.29, 0.717) is 30.0 Å². The molecule has 0 amide bonds. The second kappa shape index (κ2) is 6.94. The molecule has 1 aliphatic rings. The minimum Gasteiger partial charge on any atom is -0.293 e. The number of hydrogen-bond donors (Lipinski definition) is 0. The van der Waals surface area contributed by atoms with Crippen LogP contribution in [-0.2, 0) is 16.4 Å². The Labute approximate surface area is 146 Å². The Morgan fingerprint density at radius 1 is 1.29 bits per heavy atom. The number of thioether (sulfide) groups is 1. The van der Waals surface area contributed by atoms with Gasteiger partial charge >= 0.3 is 0 Å². The smallest absolute Gasteiger partial charge is 0.234 e. The van der Waals surface area contributed by atoms with E-state index in [1.807, 2.05) is 24.3 Å². The lowest BCUT2D eigenvalue weighted by molar-refractivity contribution is 0.102. The van der Waals surface area contributed by atoms with Gasteiger partial charge in [0, 0.05) is 18.3 Å². The Balaban J connectivity index is 1.74. The number of ketones is 1.